The van der Waals surface area contributed by atoms with E-state index in [9.17, 15) is 0 Å². The fourth-order valence-corrected chi connectivity index (χ4v) is 1.46. The van der Waals surface area contributed by atoms with Crippen molar-refractivity contribution in [3.63, 3.8) is 0 Å². The molecule has 0 fully saturated rings. The molecule has 0 saturated heterocycles. The standard InChI is InChI=1S/C11H19N3/c1-4-9(2)7-10(3)14-11-8-12-5-6-13-11/h5-6,8-10H,4,7H2,1-3H3,(H,13,14). The normalized spacial score (nSPS) is 14.8. The van der Waals surface area contributed by atoms with E-state index in [0.29, 0.717) is 6.04 Å². The Labute approximate surface area is 86.0 Å². The molecule has 0 bridgehead atoms. The fourth-order valence-electron chi connectivity index (χ4n) is 1.46. The Bertz CT molecular complexity index is 248. The third kappa shape index (κ3) is 3.73. The van der Waals surface area contributed by atoms with Gasteiger partial charge in [-0.2, -0.15) is 0 Å². The summed E-state index contributed by atoms with van der Waals surface area (Å²) in [5.74, 6) is 1.62. The summed E-state index contributed by atoms with van der Waals surface area (Å²) in [5, 5.41) is 3.33. The van der Waals surface area contributed by atoms with Crippen LogP contribution in [0.2, 0.25) is 0 Å². The summed E-state index contributed by atoms with van der Waals surface area (Å²) in [6.07, 6.45) is 7.55. The lowest BCUT2D eigenvalue weighted by atomic mass is 10.0. The summed E-state index contributed by atoms with van der Waals surface area (Å²) >= 11 is 0. The number of anilines is 1. The Hall–Kier alpha value is -1.12. The highest BCUT2D eigenvalue weighted by atomic mass is 15.0. The van der Waals surface area contributed by atoms with Gasteiger partial charge in [0.15, 0.2) is 0 Å². The number of nitrogens with one attached hydrogen (secondary N) is 1. The zero-order chi connectivity index (χ0) is 10.4. The Morgan fingerprint density at radius 2 is 2.14 bits per heavy atom. The molecular weight excluding hydrogens is 174 g/mol. The average molecular weight is 193 g/mol. The van der Waals surface area contributed by atoms with Gasteiger partial charge in [-0.25, -0.2) is 4.98 Å². The Balaban J connectivity index is 2.37. The lowest BCUT2D eigenvalue weighted by Gasteiger charge is -2.17. The van der Waals surface area contributed by atoms with Crippen LogP contribution in [0.3, 0.4) is 0 Å². The van der Waals surface area contributed by atoms with Crippen LogP contribution in [0.25, 0.3) is 0 Å². The molecule has 14 heavy (non-hydrogen) atoms. The van der Waals surface area contributed by atoms with Gasteiger partial charge in [-0.15, -0.1) is 0 Å². The molecule has 3 nitrogen and oxygen atoms in total. The van der Waals surface area contributed by atoms with Crippen molar-refractivity contribution in [1.82, 2.24) is 9.97 Å². The quantitative estimate of drug-likeness (QED) is 0.781. The highest BCUT2D eigenvalue weighted by Gasteiger charge is 2.06. The first-order valence-corrected chi connectivity index (χ1v) is 5.25. The molecule has 0 radical (unpaired) electrons. The van der Waals surface area contributed by atoms with Crippen molar-refractivity contribution in [3.05, 3.63) is 18.6 Å². The first kappa shape index (κ1) is 11.0. The van der Waals surface area contributed by atoms with Gasteiger partial charge >= 0.3 is 0 Å². The molecule has 0 aliphatic carbocycles. The maximum atomic E-state index is 4.18. The molecule has 1 aromatic heterocycles. The van der Waals surface area contributed by atoms with Gasteiger partial charge in [0.1, 0.15) is 5.82 Å². The van der Waals surface area contributed by atoms with Crippen molar-refractivity contribution in [1.29, 1.82) is 0 Å². The number of aromatic nitrogens is 2. The van der Waals surface area contributed by atoms with Gasteiger partial charge in [-0.1, -0.05) is 20.3 Å². The van der Waals surface area contributed by atoms with Crippen LogP contribution >= 0.6 is 0 Å². The summed E-state index contributed by atoms with van der Waals surface area (Å²) in [7, 11) is 0. The van der Waals surface area contributed by atoms with E-state index in [2.05, 4.69) is 36.1 Å². The number of rotatable bonds is 5. The number of nitrogens with zero attached hydrogens (tertiary/aromatic N) is 2. The molecule has 1 aromatic rings. The molecule has 1 heterocycles. The zero-order valence-corrected chi connectivity index (χ0v) is 9.20. The lowest BCUT2D eigenvalue weighted by molar-refractivity contribution is 0.483. The molecule has 0 aliphatic heterocycles. The minimum absolute atomic E-state index is 0.460. The van der Waals surface area contributed by atoms with Crippen LogP contribution in [0.15, 0.2) is 18.6 Å². The maximum absolute atomic E-state index is 4.18. The van der Waals surface area contributed by atoms with Gasteiger partial charge in [0, 0.05) is 18.4 Å². The van der Waals surface area contributed by atoms with E-state index in [1.807, 2.05) is 0 Å². The van der Waals surface area contributed by atoms with Crippen molar-refractivity contribution >= 4 is 5.82 Å². The first-order chi connectivity index (χ1) is 6.72. The number of hydrogen-bond donors (Lipinski definition) is 1. The zero-order valence-electron chi connectivity index (χ0n) is 9.20. The van der Waals surface area contributed by atoms with E-state index in [1.54, 1.807) is 18.6 Å². The summed E-state index contributed by atoms with van der Waals surface area (Å²) < 4.78 is 0. The summed E-state index contributed by atoms with van der Waals surface area (Å²) in [6, 6.07) is 0.460. The van der Waals surface area contributed by atoms with Gasteiger partial charge in [0.05, 0.1) is 6.20 Å². The Morgan fingerprint density at radius 1 is 1.36 bits per heavy atom. The Morgan fingerprint density at radius 3 is 2.71 bits per heavy atom. The molecule has 0 aliphatic rings. The second-order valence-electron chi connectivity index (χ2n) is 3.89. The SMILES string of the molecule is CCC(C)CC(C)Nc1cnccn1. The van der Waals surface area contributed by atoms with Gasteiger partial charge in [0.25, 0.3) is 0 Å². The molecule has 2 unspecified atom stereocenters. The average Bonchev–Trinajstić information content (AvgIpc) is 2.19. The smallest absolute Gasteiger partial charge is 0.144 e. The minimum atomic E-state index is 0.460. The molecule has 78 valence electrons. The van der Waals surface area contributed by atoms with Gasteiger partial charge in [-0.3, -0.25) is 4.98 Å². The summed E-state index contributed by atoms with van der Waals surface area (Å²) in [6.45, 7) is 6.68. The van der Waals surface area contributed by atoms with E-state index in [4.69, 9.17) is 0 Å². The van der Waals surface area contributed by atoms with Crippen LogP contribution in [-0.2, 0) is 0 Å². The van der Waals surface area contributed by atoms with Crippen LogP contribution in [0.1, 0.15) is 33.6 Å². The van der Waals surface area contributed by atoms with Crippen molar-refractivity contribution in [2.75, 3.05) is 5.32 Å². The minimum Gasteiger partial charge on any atom is -0.366 e. The van der Waals surface area contributed by atoms with Crippen molar-refractivity contribution in [2.24, 2.45) is 5.92 Å². The summed E-state index contributed by atoms with van der Waals surface area (Å²) in [5.41, 5.74) is 0. The molecule has 1 N–H and O–H groups in total. The largest absolute Gasteiger partial charge is 0.366 e. The number of hydrogen-bond acceptors (Lipinski definition) is 3. The molecule has 0 spiro atoms. The van der Waals surface area contributed by atoms with E-state index in [1.165, 1.54) is 12.8 Å². The predicted octanol–water partition coefficient (Wildman–Crippen LogP) is 2.71. The van der Waals surface area contributed by atoms with Crippen LogP contribution < -0.4 is 5.32 Å². The third-order valence-corrected chi connectivity index (χ3v) is 2.41. The third-order valence-electron chi connectivity index (χ3n) is 2.41. The van der Waals surface area contributed by atoms with E-state index >= 15 is 0 Å². The van der Waals surface area contributed by atoms with Crippen LogP contribution in [-0.4, -0.2) is 16.0 Å². The molecule has 2 atom stereocenters. The van der Waals surface area contributed by atoms with Crippen molar-refractivity contribution in [2.45, 2.75) is 39.7 Å². The molecule has 3 heteroatoms. The molecule has 0 aromatic carbocycles. The van der Waals surface area contributed by atoms with Gasteiger partial charge < -0.3 is 5.32 Å². The monoisotopic (exact) mass is 193 g/mol. The van der Waals surface area contributed by atoms with Crippen LogP contribution in [0, 0.1) is 5.92 Å². The van der Waals surface area contributed by atoms with E-state index in [-0.39, 0.29) is 0 Å². The second-order valence-corrected chi connectivity index (χ2v) is 3.89. The highest BCUT2D eigenvalue weighted by molar-refractivity contribution is 5.30. The van der Waals surface area contributed by atoms with Crippen molar-refractivity contribution < 1.29 is 0 Å². The topological polar surface area (TPSA) is 37.8 Å². The second kappa shape index (κ2) is 5.58. The Kier molecular flexibility index (Phi) is 4.36. The molecule has 1 rings (SSSR count). The molecule has 0 amide bonds. The molecular formula is C11H19N3. The first-order valence-electron chi connectivity index (χ1n) is 5.25. The summed E-state index contributed by atoms with van der Waals surface area (Å²) in [4.78, 5) is 8.19. The van der Waals surface area contributed by atoms with Crippen LogP contribution in [0.5, 0.6) is 0 Å². The van der Waals surface area contributed by atoms with Gasteiger partial charge in [-0.05, 0) is 19.3 Å². The van der Waals surface area contributed by atoms with Gasteiger partial charge in [0.2, 0.25) is 0 Å². The highest BCUT2D eigenvalue weighted by Crippen LogP contribution is 2.12. The lowest BCUT2D eigenvalue weighted by Crippen LogP contribution is -2.18. The van der Waals surface area contributed by atoms with E-state index in [0.717, 1.165) is 11.7 Å². The van der Waals surface area contributed by atoms with Crippen molar-refractivity contribution in [3.8, 4) is 0 Å². The van der Waals surface area contributed by atoms with E-state index < -0.39 is 0 Å². The predicted molar refractivity (Wildman–Crippen MR) is 59.2 cm³/mol. The maximum Gasteiger partial charge on any atom is 0.144 e. The fraction of sp³-hybridized carbons (Fsp3) is 0.636. The van der Waals surface area contributed by atoms with Crippen LogP contribution in [0.4, 0.5) is 5.82 Å². The molecule has 0 saturated carbocycles.